The maximum atomic E-state index is 12.6. The van der Waals surface area contributed by atoms with Crippen molar-refractivity contribution in [3.05, 3.63) is 35.4 Å². The monoisotopic (exact) mass is 360 g/mol. The van der Waals surface area contributed by atoms with Gasteiger partial charge in [0, 0.05) is 18.2 Å². The molecule has 0 saturated carbocycles. The van der Waals surface area contributed by atoms with Crippen LogP contribution in [0.5, 0.6) is 0 Å². The van der Waals surface area contributed by atoms with Crippen molar-refractivity contribution in [2.75, 3.05) is 13.1 Å². The molecule has 26 heavy (non-hydrogen) atoms. The number of nitrogens with one attached hydrogen (secondary N) is 1. The van der Waals surface area contributed by atoms with Gasteiger partial charge in [0.05, 0.1) is 0 Å². The lowest BCUT2D eigenvalue weighted by Crippen LogP contribution is -2.48. The van der Waals surface area contributed by atoms with Gasteiger partial charge in [-0.15, -0.1) is 0 Å². The molecule has 6 heteroatoms. The number of amides is 2. The van der Waals surface area contributed by atoms with Gasteiger partial charge in [-0.1, -0.05) is 24.6 Å². The highest BCUT2D eigenvalue weighted by atomic mass is 16.5. The van der Waals surface area contributed by atoms with E-state index in [0.29, 0.717) is 12.1 Å². The summed E-state index contributed by atoms with van der Waals surface area (Å²) in [6, 6.07) is 7.32. The Kier molecular flexibility index (Phi) is 7.18. The Morgan fingerprint density at radius 1 is 1.31 bits per heavy atom. The summed E-state index contributed by atoms with van der Waals surface area (Å²) in [4.78, 5) is 38.4. The van der Waals surface area contributed by atoms with Gasteiger partial charge in [0.1, 0.15) is 6.54 Å². The molecule has 0 aliphatic carbocycles. The molecule has 0 spiro atoms. The number of piperidine rings is 1. The van der Waals surface area contributed by atoms with E-state index in [1.54, 1.807) is 25.1 Å². The zero-order valence-corrected chi connectivity index (χ0v) is 15.8. The van der Waals surface area contributed by atoms with E-state index in [0.717, 1.165) is 31.2 Å². The zero-order chi connectivity index (χ0) is 19.1. The van der Waals surface area contributed by atoms with Crippen LogP contribution in [0.4, 0.5) is 0 Å². The molecule has 2 rings (SSSR count). The van der Waals surface area contributed by atoms with Crippen LogP contribution in [0.25, 0.3) is 0 Å². The molecule has 1 aromatic carbocycles. The quantitative estimate of drug-likeness (QED) is 0.791. The average molecular weight is 360 g/mol. The SMILES string of the molecule is CCC1CCCCN1C(=O)C(C)OC(=O)CNC(=O)c1cccc(C)c1. The van der Waals surface area contributed by atoms with Crippen LogP contribution in [0.15, 0.2) is 24.3 Å². The van der Waals surface area contributed by atoms with Crippen molar-refractivity contribution in [1.82, 2.24) is 10.2 Å². The number of likely N-dealkylation sites (tertiary alicyclic amines) is 1. The topological polar surface area (TPSA) is 75.7 Å². The molecule has 1 saturated heterocycles. The number of aryl methyl sites for hydroxylation is 1. The molecule has 1 heterocycles. The first-order valence-electron chi connectivity index (χ1n) is 9.27. The summed E-state index contributed by atoms with van der Waals surface area (Å²) in [7, 11) is 0. The van der Waals surface area contributed by atoms with Crippen molar-refractivity contribution in [2.24, 2.45) is 0 Å². The van der Waals surface area contributed by atoms with Crippen molar-refractivity contribution in [2.45, 2.75) is 58.6 Å². The molecule has 2 atom stereocenters. The first-order chi connectivity index (χ1) is 12.4. The Labute approximate surface area is 154 Å². The molecule has 0 bridgehead atoms. The van der Waals surface area contributed by atoms with Crippen LogP contribution in [0.2, 0.25) is 0 Å². The van der Waals surface area contributed by atoms with E-state index in [1.807, 2.05) is 17.9 Å². The van der Waals surface area contributed by atoms with Crippen LogP contribution in [0, 0.1) is 6.92 Å². The van der Waals surface area contributed by atoms with Crippen molar-refractivity contribution in [3.63, 3.8) is 0 Å². The van der Waals surface area contributed by atoms with Gasteiger partial charge < -0.3 is 15.0 Å². The van der Waals surface area contributed by atoms with Crippen molar-refractivity contribution >= 4 is 17.8 Å². The summed E-state index contributed by atoms with van der Waals surface area (Å²) < 4.78 is 5.22. The standard InChI is InChI=1S/C20H28N2O4/c1-4-17-10-5-6-11-22(17)20(25)15(3)26-18(23)13-21-19(24)16-9-7-8-14(2)12-16/h7-9,12,15,17H,4-6,10-11,13H2,1-3H3,(H,21,24). The average Bonchev–Trinajstić information content (AvgIpc) is 2.65. The van der Waals surface area contributed by atoms with E-state index in [2.05, 4.69) is 12.2 Å². The second kappa shape index (κ2) is 9.36. The number of esters is 1. The predicted octanol–water partition coefficient (Wildman–Crippen LogP) is 2.45. The minimum absolute atomic E-state index is 0.157. The fourth-order valence-electron chi connectivity index (χ4n) is 3.28. The van der Waals surface area contributed by atoms with Crippen LogP contribution in [-0.4, -0.2) is 47.9 Å². The summed E-state index contributed by atoms with van der Waals surface area (Å²) >= 11 is 0. The number of rotatable bonds is 6. The third kappa shape index (κ3) is 5.31. The van der Waals surface area contributed by atoms with Crippen LogP contribution >= 0.6 is 0 Å². The van der Waals surface area contributed by atoms with E-state index >= 15 is 0 Å². The number of nitrogens with zero attached hydrogens (tertiary/aromatic N) is 1. The van der Waals surface area contributed by atoms with E-state index in [1.165, 1.54) is 0 Å². The molecule has 1 aliphatic rings. The van der Waals surface area contributed by atoms with Gasteiger partial charge >= 0.3 is 5.97 Å². The summed E-state index contributed by atoms with van der Waals surface area (Å²) in [6.45, 7) is 5.99. The van der Waals surface area contributed by atoms with Gasteiger partial charge in [-0.2, -0.15) is 0 Å². The number of carbonyl (C=O) groups excluding carboxylic acids is 3. The summed E-state index contributed by atoms with van der Waals surface area (Å²) in [5.74, 6) is -1.11. The Morgan fingerprint density at radius 2 is 2.08 bits per heavy atom. The Balaban J connectivity index is 1.82. The number of benzene rings is 1. The molecule has 0 radical (unpaired) electrons. The Hall–Kier alpha value is -2.37. The molecule has 142 valence electrons. The van der Waals surface area contributed by atoms with Gasteiger partial charge in [-0.05, 0) is 51.7 Å². The number of carbonyl (C=O) groups is 3. The number of ether oxygens (including phenoxy) is 1. The second-order valence-electron chi connectivity index (χ2n) is 6.77. The maximum Gasteiger partial charge on any atom is 0.326 e. The van der Waals surface area contributed by atoms with E-state index in [-0.39, 0.29) is 24.4 Å². The van der Waals surface area contributed by atoms with E-state index < -0.39 is 12.1 Å². The molecular weight excluding hydrogens is 332 g/mol. The fraction of sp³-hybridized carbons (Fsp3) is 0.550. The first-order valence-corrected chi connectivity index (χ1v) is 9.27. The minimum Gasteiger partial charge on any atom is -0.451 e. The van der Waals surface area contributed by atoms with Gasteiger partial charge in [-0.25, -0.2) is 0 Å². The van der Waals surface area contributed by atoms with Gasteiger partial charge in [-0.3, -0.25) is 14.4 Å². The highest BCUT2D eigenvalue weighted by molar-refractivity contribution is 5.96. The zero-order valence-electron chi connectivity index (χ0n) is 15.8. The van der Waals surface area contributed by atoms with E-state index in [4.69, 9.17) is 4.74 Å². The highest BCUT2D eigenvalue weighted by Crippen LogP contribution is 2.20. The molecule has 2 amide bonds. The third-order valence-electron chi connectivity index (χ3n) is 4.71. The lowest BCUT2D eigenvalue weighted by atomic mass is 9.99. The van der Waals surface area contributed by atoms with Crippen LogP contribution in [0.1, 0.15) is 55.5 Å². The largest absolute Gasteiger partial charge is 0.451 e. The lowest BCUT2D eigenvalue weighted by molar-refractivity contribution is -0.160. The predicted molar refractivity (Wildman–Crippen MR) is 98.7 cm³/mol. The van der Waals surface area contributed by atoms with Gasteiger partial charge in [0.2, 0.25) is 0 Å². The van der Waals surface area contributed by atoms with Gasteiger partial charge in [0.15, 0.2) is 6.10 Å². The fourth-order valence-corrected chi connectivity index (χ4v) is 3.28. The summed E-state index contributed by atoms with van der Waals surface area (Å²) in [6.07, 6.45) is 3.16. The second-order valence-corrected chi connectivity index (χ2v) is 6.77. The lowest BCUT2D eigenvalue weighted by Gasteiger charge is -2.36. The highest BCUT2D eigenvalue weighted by Gasteiger charge is 2.30. The molecule has 1 aromatic rings. The number of hydrogen-bond donors (Lipinski definition) is 1. The molecule has 1 N–H and O–H groups in total. The van der Waals surface area contributed by atoms with Crippen LogP contribution < -0.4 is 5.32 Å². The third-order valence-corrected chi connectivity index (χ3v) is 4.71. The normalized spacial score (nSPS) is 18.1. The van der Waals surface area contributed by atoms with Crippen LogP contribution in [0.3, 0.4) is 0 Å². The molecule has 6 nitrogen and oxygen atoms in total. The van der Waals surface area contributed by atoms with E-state index in [9.17, 15) is 14.4 Å². The van der Waals surface area contributed by atoms with Crippen molar-refractivity contribution < 1.29 is 19.1 Å². The molecule has 1 aliphatic heterocycles. The smallest absolute Gasteiger partial charge is 0.326 e. The molecular formula is C20H28N2O4. The summed E-state index contributed by atoms with van der Waals surface area (Å²) in [5.41, 5.74) is 1.45. The van der Waals surface area contributed by atoms with Gasteiger partial charge in [0.25, 0.3) is 11.8 Å². The number of hydrogen-bond acceptors (Lipinski definition) is 4. The Bertz CT molecular complexity index is 659. The molecule has 2 unspecified atom stereocenters. The first kappa shape index (κ1) is 19.9. The van der Waals surface area contributed by atoms with Crippen LogP contribution in [-0.2, 0) is 14.3 Å². The Morgan fingerprint density at radius 3 is 2.77 bits per heavy atom. The minimum atomic E-state index is -0.842. The van der Waals surface area contributed by atoms with Crippen molar-refractivity contribution in [3.8, 4) is 0 Å². The van der Waals surface area contributed by atoms with Crippen molar-refractivity contribution in [1.29, 1.82) is 0 Å². The molecule has 1 fully saturated rings. The maximum absolute atomic E-state index is 12.6. The molecule has 0 aromatic heterocycles. The summed E-state index contributed by atoms with van der Waals surface area (Å²) in [5, 5.41) is 2.53.